The zero-order chi connectivity index (χ0) is 16.3. The molecule has 0 saturated carbocycles. The second-order valence-corrected chi connectivity index (χ2v) is 6.65. The topological polar surface area (TPSA) is 23.6 Å². The van der Waals surface area contributed by atoms with Crippen LogP contribution >= 0.6 is 0 Å². The Kier molecular flexibility index (Phi) is 4.95. The molecule has 2 heterocycles. The molecule has 1 unspecified atom stereocenters. The number of benzene rings is 1. The molecule has 2 aliphatic heterocycles. The van der Waals surface area contributed by atoms with Gasteiger partial charge >= 0.3 is 0 Å². The number of carbonyl (C=O) groups is 1. The van der Waals surface area contributed by atoms with Crippen molar-refractivity contribution in [1.29, 1.82) is 0 Å². The largest absolute Gasteiger partial charge is 0.341 e. The average Bonchev–Trinajstić information content (AvgIpc) is 2.56. The van der Waals surface area contributed by atoms with Gasteiger partial charge in [-0.1, -0.05) is 36.8 Å². The van der Waals surface area contributed by atoms with E-state index >= 15 is 0 Å². The zero-order valence-electron chi connectivity index (χ0n) is 13.4. The van der Waals surface area contributed by atoms with Gasteiger partial charge in [0.05, 0.1) is 6.04 Å². The van der Waals surface area contributed by atoms with Gasteiger partial charge in [-0.2, -0.15) is 0 Å². The summed E-state index contributed by atoms with van der Waals surface area (Å²) in [6.45, 7) is 2.01. The van der Waals surface area contributed by atoms with Crippen LogP contribution in [0.3, 0.4) is 0 Å². The predicted molar refractivity (Wildman–Crippen MR) is 85.3 cm³/mol. The summed E-state index contributed by atoms with van der Waals surface area (Å²) in [4.78, 5) is 16.7. The lowest BCUT2D eigenvalue weighted by Crippen LogP contribution is -2.53. The maximum atomic E-state index is 13.3. The number of hydrogen-bond acceptors (Lipinski definition) is 2. The fourth-order valence-electron chi connectivity index (χ4n) is 3.54. The van der Waals surface area contributed by atoms with Crippen molar-refractivity contribution < 1.29 is 13.6 Å². The monoisotopic (exact) mass is 322 g/mol. The Morgan fingerprint density at radius 1 is 1.09 bits per heavy atom. The van der Waals surface area contributed by atoms with Crippen molar-refractivity contribution >= 4 is 5.91 Å². The quantitative estimate of drug-likeness (QED) is 0.852. The van der Waals surface area contributed by atoms with Crippen LogP contribution in [0.25, 0.3) is 0 Å². The molecule has 2 saturated heterocycles. The summed E-state index contributed by atoms with van der Waals surface area (Å²) in [7, 11) is 0. The number of alkyl halides is 2. The molecule has 0 aromatic heterocycles. The van der Waals surface area contributed by atoms with Crippen molar-refractivity contribution in [3.05, 3.63) is 35.9 Å². The lowest BCUT2D eigenvalue weighted by atomic mass is 9.98. The normalized spacial score (nSPS) is 25.3. The molecule has 0 N–H and O–H groups in total. The van der Waals surface area contributed by atoms with Crippen molar-refractivity contribution in [2.24, 2.45) is 0 Å². The number of halogens is 2. The van der Waals surface area contributed by atoms with E-state index in [0.717, 1.165) is 32.4 Å². The Balaban J connectivity index is 1.65. The number of hydrogen-bond donors (Lipinski definition) is 0. The molecular formula is C18H24F2N2O. The highest BCUT2D eigenvalue weighted by atomic mass is 19.3. The van der Waals surface area contributed by atoms with Gasteiger partial charge in [0.2, 0.25) is 5.91 Å². The minimum atomic E-state index is -2.60. The highest BCUT2D eigenvalue weighted by Gasteiger charge is 2.39. The highest BCUT2D eigenvalue weighted by Crippen LogP contribution is 2.29. The molecule has 1 amide bonds. The zero-order valence-corrected chi connectivity index (χ0v) is 13.4. The summed E-state index contributed by atoms with van der Waals surface area (Å²) in [6.07, 6.45) is 2.55. The van der Waals surface area contributed by atoms with Gasteiger partial charge in [0, 0.05) is 32.5 Å². The van der Waals surface area contributed by atoms with Crippen LogP contribution in [0.2, 0.25) is 0 Å². The molecular weight excluding hydrogens is 298 g/mol. The molecule has 1 aromatic carbocycles. The third-order valence-corrected chi connectivity index (χ3v) is 4.93. The minimum absolute atomic E-state index is 0.0381. The molecule has 3 rings (SSSR count). The summed E-state index contributed by atoms with van der Waals surface area (Å²) < 4.78 is 26.6. The number of piperidine rings is 2. The first-order valence-corrected chi connectivity index (χ1v) is 8.50. The van der Waals surface area contributed by atoms with Crippen molar-refractivity contribution in [3.8, 4) is 0 Å². The number of rotatable bonds is 3. The third-order valence-electron chi connectivity index (χ3n) is 4.93. The molecule has 23 heavy (non-hydrogen) atoms. The molecule has 0 bridgehead atoms. The van der Waals surface area contributed by atoms with Crippen LogP contribution in [0.15, 0.2) is 30.3 Å². The summed E-state index contributed by atoms with van der Waals surface area (Å²) >= 11 is 0. The predicted octanol–water partition coefficient (Wildman–Crippen LogP) is 3.30. The summed E-state index contributed by atoms with van der Waals surface area (Å²) in [5, 5.41) is 0. The van der Waals surface area contributed by atoms with Crippen LogP contribution in [-0.4, -0.2) is 47.3 Å². The van der Waals surface area contributed by atoms with E-state index < -0.39 is 5.92 Å². The van der Waals surface area contributed by atoms with Crippen LogP contribution in [0.4, 0.5) is 8.78 Å². The van der Waals surface area contributed by atoms with Gasteiger partial charge in [0.15, 0.2) is 0 Å². The molecule has 2 aliphatic rings. The van der Waals surface area contributed by atoms with E-state index in [1.165, 1.54) is 5.56 Å². The smallest absolute Gasteiger partial charge is 0.251 e. The fourth-order valence-corrected chi connectivity index (χ4v) is 3.54. The van der Waals surface area contributed by atoms with E-state index in [2.05, 4.69) is 17.0 Å². The lowest BCUT2D eigenvalue weighted by Gasteiger charge is -2.40. The third kappa shape index (κ3) is 4.08. The van der Waals surface area contributed by atoms with Gasteiger partial charge < -0.3 is 4.90 Å². The van der Waals surface area contributed by atoms with Crippen molar-refractivity contribution in [1.82, 2.24) is 9.80 Å². The fraction of sp³-hybridized carbons (Fsp3) is 0.611. The van der Waals surface area contributed by atoms with Crippen molar-refractivity contribution in [3.63, 3.8) is 0 Å². The van der Waals surface area contributed by atoms with Gasteiger partial charge in [-0.05, 0) is 24.9 Å². The molecule has 0 spiro atoms. The molecule has 5 heteroatoms. The lowest BCUT2D eigenvalue weighted by molar-refractivity contribution is -0.144. The van der Waals surface area contributed by atoms with Gasteiger partial charge in [0.25, 0.3) is 5.92 Å². The van der Waals surface area contributed by atoms with Gasteiger partial charge in [-0.15, -0.1) is 0 Å². The Morgan fingerprint density at radius 3 is 2.48 bits per heavy atom. The van der Waals surface area contributed by atoms with Gasteiger partial charge in [-0.25, -0.2) is 8.78 Å². The van der Waals surface area contributed by atoms with E-state index in [1.54, 1.807) is 4.90 Å². The standard InChI is InChI=1S/C18H24F2N2O/c19-18(20)9-12-21(13-10-18)17(23)16-8-4-5-11-22(16)14-15-6-2-1-3-7-15/h1-3,6-7,16H,4-5,8-14H2. The molecule has 1 aromatic rings. The van der Waals surface area contributed by atoms with E-state index in [0.29, 0.717) is 0 Å². The summed E-state index contributed by atoms with van der Waals surface area (Å²) in [5.74, 6) is -2.57. The molecule has 2 fully saturated rings. The molecule has 126 valence electrons. The first-order valence-electron chi connectivity index (χ1n) is 8.50. The number of amides is 1. The SMILES string of the molecule is O=C(C1CCCCN1Cc1ccccc1)N1CCC(F)(F)CC1. The van der Waals surface area contributed by atoms with Crippen LogP contribution in [0.5, 0.6) is 0 Å². The van der Waals surface area contributed by atoms with Crippen LogP contribution in [0, 0.1) is 0 Å². The van der Waals surface area contributed by atoms with Crippen LogP contribution in [0.1, 0.15) is 37.7 Å². The maximum absolute atomic E-state index is 13.3. The number of carbonyl (C=O) groups excluding carboxylic acids is 1. The summed E-state index contributed by atoms with van der Waals surface area (Å²) in [6, 6.07) is 9.97. The van der Waals surface area contributed by atoms with E-state index in [4.69, 9.17) is 0 Å². The first kappa shape index (κ1) is 16.4. The molecule has 1 atom stereocenters. The summed E-state index contributed by atoms with van der Waals surface area (Å²) in [5.41, 5.74) is 1.19. The second kappa shape index (κ2) is 6.95. The van der Waals surface area contributed by atoms with Crippen molar-refractivity contribution in [2.75, 3.05) is 19.6 Å². The Morgan fingerprint density at radius 2 is 1.78 bits per heavy atom. The van der Waals surface area contributed by atoms with Crippen LogP contribution < -0.4 is 0 Å². The highest BCUT2D eigenvalue weighted by molar-refractivity contribution is 5.82. The Bertz CT molecular complexity index is 525. The number of likely N-dealkylation sites (tertiary alicyclic amines) is 2. The van der Waals surface area contributed by atoms with Crippen molar-refractivity contribution in [2.45, 2.75) is 50.6 Å². The Labute approximate surface area is 136 Å². The maximum Gasteiger partial charge on any atom is 0.251 e. The van der Waals surface area contributed by atoms with E-state index in [-0.39, 0.29) is 37.9 Å². The first-order chi connectivity index (χ1) is 11.1. The molecule has 3 nitrogen and oxygen atoms in total. The van der Waals surface area contributed by atoms with E-state index in [1.807, 2.05) is 18.2 Å². The van der Waals surface area contributed by atoms with Gasteiger partial charge in [-0.3, -0.25) is 9.69 Å². The molecule has 0 aliphatic carbocycles. The number of nitrogens with zero attached hydrogens (tertiary/aromatic N) is 2. The van der Waals surface area contributed by atoms with E-state index in [9.17, 15) is 13.6 Å². The van der Waals surface area contributed by atoms with Crippen LogP contribution in [-0.2, 0) is 11.3 Å². The average molecular weight is 322 g/mol. The Hall–Kier alpha value is -1.49. The minimum Gasteiger partial charge on any atom is -0.341 e. The van der Waals surface area contributed by atoms with Gasteiger partial charge in [0.1, 0.15) is 0 Å². The molecule has 0 radical (unpaired) electrons. The second-order valence-electron chi connectivity index (χ2n) is 6.65.